The van der Waals surface area contributed by atoms with Crippen molar-refractivity contribution in [2.24, 2.45) is 0 Å². The standard InChI is InChI=1S/C20H35N.FH/c1-3-5-6-7-8-9-10-11-12-13-16-19(4-2)20-17-14-15-18-21-20;/h14-15,17-19H,3-13,16H2,1-2H3;1H. The minimum Gasteiger partial charge on any atom is -0.269 e. The van der Waals surface area contributed by atoms with E-state index in [4.69, 9.17) is 0 Å². The molecule has 0 aliphatic heterocycles. The summed E-state index contributed by atoms with van der Waals surface area (Å²) in [5, 5.41) is 0. The first-order valence-corrected chi connectivity index (χ1v) is 9.29. The van der Waals surface area contributed by atoms with Crippen LogP contribution in [0.1, 0.15) is 103 Å². The zero-order valence-electron chi connectivity index (χ0n) is 14.7. The third-order valence-corrected chi connectivity index (χ3v) is 4.50. The Bertz CT molecular complexity index is 326. The molecule has 1 nitrogen and oxygen atoms in total. The number of hydrogen-bond donors (Lipinski definition) is 0. The normalized spacial score (nSPS) is 11.9. The van der Waals surface area contributed by atoms with E-state index in [2.05, 4.69) is 31.0 Å². The van der Waals surface area contributed by atoms with Crippen LogP contribution in [0.5, 0.6) is 0 Å². The average Bonchev–Trinajstić information content (AvgIpc) is 2.54. The molecule has 0 bridgehead atoms. The molecule has 2 heteroatoms. The van der Waals surface area contributed by atoms with E-state index >= 15 is 0 Å². The second-order valence-corrected chi connectivity index (χ2v) is 6.33. The fourth-order valence-corrected chi connectivity index (χ4v) is 3.06. The zero-order valence-corrected chi connectivity index (χ0v) is 14.7. The third kappa shape index (κ3) is 9.92. The number of aromatic nitrogens is 1. The van der Waals surface area contributed by atoms with E-state index < -0.39 is 0 Å². The molecule has 0 aromatic carbocycles. The van der Waals surface area contributed by atoms with Crippen molar-refractivity contribution in [3.8, 4) is 0 Å². The molecule has 0 fully saturated rings. The molecule has 0 amide bonds. The Hall–Kier alpha value is -0.920. The third-order valence-electron chi connectivity index (χ3n) is 4.50. The number of unbranched alkanes of at least 4 members (excludes halogenated alkanes) is 9. The molecule has 1 aromatic heterocycles. The van der Waals surface area contributed by atoms with Gasteiger partial charge in [0.15, 0.2) is 0 Å². The summed E-state index contributed by atoms with van der Waals surface area (Å²) in [6, 6.07) is 6.31. The highest BCUT2D eigenvalue weighted by Crippen LogP contribution is 2.24. The highest BCUT2D eigenvalue weighted by molar-refractivity contribution is 5.08. The molecule has 0 spiro atoms. The first-order valence-electron chi connectivity index (χ1n) is 9.29. The Kier molecular flexibility index (Phi) is 14.4. The lowest BCUT2D eigenvalue weighted by molar-refractivity contribution is 0.512. The van der Waals surface area contributed by atoms with Gasteiger partial charge in [0.2, 0.25) is 0 Å². The highest BCUT2D eigenvalue weighted by atomic mass is 19.0. The lowest BCUT2D eigenvalue weighted by Gasteiger charge is -2.13. The van der Waals surface area contributed by atoms with Crippen LogP contribution in [0.2, 0.25) is 0 Å². The van der Waals surface area contributed by atoms with Crippen LogP contribution in [-0.2, 0) is 0 Å². The van der Waals surface area contributed by atoms with Crippen LogP contribution in [0, 0.1) is 0 Å². The van der Waals surface area contributed by atoms with E-state index in [1.54, 1.807) is 0 Å². The van der Waals surface area contributed by atoms with Gasteiger partial charge in [-0.2, -0.15) is 0 Å². The van der Waals surface area contributed by atoms with Crippen molar-refractivity contribution in [3.63, 3.8) is 0 Å². The molecule has 0 saturated carbocycles. The Morgan fingerprint density at radius 3 is 1.91 bits per heavy atom. The molecule has 0 N–H and O–H groups in total. The summed E-state index contributed by atoms with van der Waals surface area (Å²) in [5.41, 5.74) is 1.29. The van der Waals surface area contributed by atoms with Gasteiger partial charge in [-0.25, -0.2) is 0 Å². The topological polar surface area (TPSA) is 12.9 Å². The first kappa shape index (κ1) is 21.1. The molecule has 1 aromatic rings. The van der Waals surface area contributed by atoms with E-state index in [1.807, 2.05) is 12.3 Å². The summed E-state index contributed by atoms with van der Waals surface area (Å²) in [6.45, 7) is 4.57. The second kappa shape index (κ2) is 15.0. The maximum Gasteiger partial charge on any atom is 0.0434 e. The van der Waals surface area contributed by atoms with Crippen LogP contribution in [0.25, 0.3) is 0 Å². The van der Waals surface area contributed by atoms with Crippen LogP contribution < -0.4 is 0 Å². The Balaban J connectivity index is 0.00000441. The van der Waals surface area contributed by atoms with E-state index in [-0.39, 0.29) is 4.70 Å². The molecule has 128 valence electrons. The number of hydrogen-bond acceptors (Lipinski definition) is 1. The van der Waals surface area contributed by atoms with Crippen LogP contribution >= 0.6 is 0 Å². The predicted octanol–water partition coefficient (Wildman–Crippen LogP) is 7.04. The number of nitrogens with zero attached hydrogens (tertiary/aromatic N) is 1. The molecule has 1 heterocycles. The van der Waals surface area contributed by atoms with Crippen LogP contribution in [0.3, 0.4) is 0 Å². The molecular weight excluding hydrogens is 273 g/mol. The van der Waals surface area contributed by atoms with Gasteiger partial charge in [-0.3, -0.25) is 9.69 Å². The molecule has 0 saturated heterocycles. The van der Waals surface area contributed by atoms with Gasteiger partial charge in [-0.1, -0.05) is 84.1 Å². The van der Waals surface area contributed by atoms with Crippen LogP contribution in [-0.4, -0.2) is 4.98 Å². The predicted molar refractivity (Wildman–Crippen MR) is 96.2 cm³/mol. The lowest BCUT2D eigenvalue weighted by atomic mass is 9.94. The number of pyridine rings is 1. The molecule has 1 unspecified atom stereocenters. The van der Waals surface area contributed by atoms with Crippen molar-refractivity contribution in [2.45, 2.75) is 96.8 Å². The van der Waals surface area contributed by atoms with E-state index in [0.29, 0.717) is 5.92 Å². The molecule has 1 atom stereocenters. The maximum absolute atomic E-state index is 4.51. The van der Waals surface area contributed by atoms with Crippen LogP contribution in [0.15, 0.2) is 24.4 Å². The van der Waals surface area contributed by atoms with Crippen molar-refractivity contribution in [2.75, 3.05) is 0 Å². The fourth-order valence-electron chi connectivity index (χ4n) is 3.06. The largest absolute Gasteiger partial charge is 0.269 e. The first-order chi connectivity index (χ1) is 10.4. The molecule has 1 rings (SSSR count). The lowest BCUT2D eigenvalue weighted by Crippen LogP contribution is -1.99. The van der Waals surface area contributed by atoms with E-state index in [0.717, 1.165) is 0 Å². The Morgan fingerprint density at radius 2 is 1.41 bits per heavy atom. The minimum absolute atomic E-state index is 0. The van der Waals surface area contributed by atoms with E-state index in [1.165, 1.54) is 82.7 Å². The second-order valence-electron chi connectivity index (χ2n) is 6.33. The molecule has 0 aliphatic carbocycles. The summed E-state index contributed by atoms with van der Waals surface area (Å²) >= 11 is 0. The quantitative estimate of drug-likeness (QED) is 0.356. The van der Waals surface area contributed by atoms with E-state index in [9.17, 15) is 0 Å². The fraction of sp³-hybridized carbons (Fsp3) is 0.750. The van der Waals surface area contributed by atoms with Crippen molar-refractivity contribution in [1.82, 2.24) is 4.98 Å². The number of halogens is 1. The van der Waals surface area contributed by atoms with Gasteiger partial charge in [0, 0.05) is 17.8 Å². The van der Waals surface area contributed by atoms with Gasteiger partial charge < -0.3 is 0 Å². The minimum atomic E-state index is 0. The molecule has 0 radical (unpaired) electrons. The van der Waals surface area contributed by atoms with Gasteiger partial charge in [0.25, 0.3) is 0 Å². The average molecular weight is 310 g/mol. The number of rotatable bonds is 13. The summed E-state index contributed by atoms with van der Waals surface area (Å²) in [7, 11) is 0. The zero-order chi connectivity index (χ0) is 15.2. The van der Waals surface area contributed by atoms with Gasteiger partial charge in [-0.05, 0) is 25.0 Å². The summed E-state index contributed by atoms with van der Waals surface area (Å²) in [5.74, 6) is 0.667. The molecular formula is C20H36FN. The Labute approximate surface area is 137 Å². The van der Waals surface area contributed by atoms with Gasteiger partial charge >= 0.3 is 0 Å². The van der Waals surface area contributed by atoms with Gasteiger partial charge in [0.05, 0.1) is 0 Å². The summed E-state index contributed by atoms with van der Waals surface area (Å²) in [4.78, 5) is 4.51. The van der Waals surface area contributed by atoms with Crippen molar-refractivity contribution in [3.05, 3.63) is 30.1 Å². The summed E-state index contributed by atoms with van der Waals surface area (Å²) in [6.07, 6.45) is 18.6. The maximum atomic E-state index is 4.51. The Morgan fingerprint density at radius 1 is 0.818 bits per heavy atom. The van der Waals surface area contributed by atoms with Crippen LogP contribution in [0.4, 0.5) is 4.70 Å². The highest BCUT2D eigenvalue weighted by Gasteiger charge is 2.09. The molecule has 22 heavy (non-hydrogen) atoms. The van der Waals surface area contributed by atoms with Crippen molar-refractivity contribution < 1.29 is 4.70 Å². The summed E-state index contributed by atoms with van der Waals surface area (Å²) < 4.78 is 0. The van der Waals surface area contributed by atoms with Crippen molar-refractivity contribution >= 4 is 0 Å². The molecule has 0 aliphatic rings. The van der Waals surface area contributed by atoms with Gasteiger partial charge in [0.1, 0.15) is 0 Å². The smallest absolute Gasteiger partial charge is 0.0434 e. The van der Waals surface area contributed by atoms with Gasteiger partial charge in [-0.15, -0.1) is 0 Å². The van der Waals surface area contributed by atoms with Crippen molar-refractivity contribution in [1.29, 1.82) is 0 Å². The SMILES string of the molecule is CCCCCCCCCCCCC(CC)c1ccccn1.F. The monoisotopic (exact) mass is 309 g/mol.